The second-order valence-electron chi connectivity index (χ2n) is 1.71. The van der Waals surface area contributed by atoms with E-state index in [0.29, 0.717) is 0 Å². The molecular weight excluding hydrogens is 138 g/mol. The first-order valence-electron chi connectivity index (χ1n) is 3.03. The average Bonchev–Trinajstić information content (AvgIpc) is 2.08. The van der Waals surface area contributed by atoms with Gasteiger partial charge in [0.2, 0.25) is 0 Å². The fourth-order valence-corrected chi connectivity index (χ4v) is 0.589. The van der Waals surface area contributed by atoms with Crippen molar-refractivity contribution >= 4 is 6.08 Å². The van der Waals surface area contributed by atoms with Crippen LogP contribution in [0.2, 0.25) is 0 Å². The molecular formula is C8H9N3. The van der Waals surface area contributed by atoms with Gasteiger partial charge in [-0.05, 0) is 16.0 Å². The lowest BCUT2D eigenvalue weighted by molar-refractivity contribution is 1.45. The Balaban J connectivity index is 0.000000292. The molecule has 1 aromatic carbocycles. The van der Waals surface area contributed by atoms with Crippen molar-refractivity contribution in [3.63, 3.8) is 0 Å². The molecule has 0 aliphatic carbocycles. The summed E-state index contributed by atoms with van der Waals surface area (Å²) in [4.78, 5) is 1.75. The molecule has 11 heavy (non-hydrogen) atoms. The van der Waals surface area contributed by atoms with Crippen LogP contribution in [0.4, 0.5) is 0 Å². The Kier molecular flexibility index (Phi) is 5.39. The molecule has 3 nitrogen and oxygen atoms in total. The Morgan fingerprint density at radius 1 is 1.36 bits per heavy atom. The van der Waals surface area contributed by atoms with Gasteiger partial charge in [-0.2, -0.15) is 0 Å². The zero-order valence-electron chi connectivity index (χ0n) is 6.07. The summed E-state index contributed by atoms with van der Waals surface area (Å²) < 4.78 is 0. The molecule has 0 spiro atoms. The molecule has 0 atom stereocenters. The van der Waals surface area contributed by atoms with E-state index < -0.39 is 0 Å². The number of hydrogen-bond acceptors (Lipinski definition) is 1. The third-order valence-corrected chi connectivity index (χ3v) is 1.04. The summed E-state index contributed by atoms with van der Waals surface area (Å²) in [6.07, 6.45) is 1.83. The maximum absolute atomic E-state index is 6.86. The number of benzene rings is 1. The van der Waals surface area contributed by atoms with Crippen LogP contribution in [0.1, 0.15) is 5.56 Å². The molecule has 0 radical (unpaired) electrons. The van der Waals surface area contributed by atoms with E-state index in [4.69, 9.17) is 11.1 Å². The average molecular weight is 147 g/mol. The molecule has 0 fully saturated rings. The minimum Gasteiger partial charge on any atom is -0.108 e. The van der Waals surface area contributed by atoms with Gasteiger partial charge in [0.15, 0.2) is 0 Å². The molecule has 56 valence electrons. The largest absolute Gasteiger partial charge is 0.108 e. The molecule has 1 aromatic rings. The number of nitrogens with one attached hydrogen (secondary N) is 1. The smallest absolute Gasteiger partial charge is 0.00208 e. The molecule has 3 heteroatoms. The van der Waals surface area contributed by atoms with Gasteiger partial charge in [0.1, 0.15) is 0 Å². The first-order valence-corrected chi connectivity index (χ1v) is 3.03. The van der Waals surface area contributed by atoms with E-state index in [-0.39, 0.29) is 0 Å². The second kappa shape index (κ2) is 6.39. The van der Waals surface area contributed by atoms with Crippen molar-refractivity contribution in [2.24, 2.45) is 0 Å². The topological polar surface area (TPSA) is 60.3 Å². The maximum atomic E-state index is 6.86. The van der Waals surface area contributed by atoms with Gasteiger partial charge in [-0.25, -0.2) is 0 Å². The predicted octanol–water partition coefficient (Wildman–Crippen LogP) is 3.21. The summed E-state index contributed by atoms with van der Waals surface area (Å²) in [7, 11) is 0. The van der Waals surface area contributed by atoms with E-state index >= 15 is 0 Å². The number of rotatable bonds is 1. The van der Waals surface area contributed by atoms with Gasteiger partial charge in [-0.3, -0.25) is 0 Å². The van der Waals surface area contributed by atoms with Gasteiger partial charge < -0.3 is 0 Å². The highest BCUT2D eigenvalue weighted by Crippen LogP contribution is 1.97. The number of nitrogens with zero attached hydrogens (tertiary/aromatic N) is 2. The summed E-state index contributed by atoms with van der Waals surface area (Å²) in [5.74, 6) is 0. The van der Waals surface area contributed by atoms with Crippen molar-refractivity contribution < 1.29 is 0 Å². The predicted molar refractivity (Wildman–Crippen MR) is 46.0 cm³/mol. The zero-order valence-corrected chi connectivity index (χ0v) is 6.07. The van der Waals surface area contributed by atoms with Crippen molar-refractivity contribution in [3.8, 4) is 0 Å². The fraction of sp³-hybridized carbons (Fsp3) is 0. The van der Waals surface area contributed by atoms with E-state index in [2.05, 4.69) is 6.58 Å². The van der Waals surface area contributed by atoms with Crippen LogP contribution in [-0.2, 0) is 0 Å². The third kappa shape index (κ3) is 4.75. The first kappa shape index (κ1) is 9.27. The maximum Gasteiger partial charge on any atom is -0.00208 e. The molecule has 1 rings (SSSR count). The summed E-state index contributed by atoms with van der Waals surface area (Å²) in [5, 5.41) is 0. The van der Waals surface area contributed by atoms with Gasteiger partial charge >= 0.3 is 0 Å². The van der Waals surface area contributed by atoms with Gasteiger partial charge in [-0.1, -0.05) is 43.0 Å². The highest BCUT2D eigenvalue weighted by atomic mass is 15.0. The normalized spacial score (nSPS) is 6.91. The molecule has 0 bridgehead atoms. The summed E-state index contributed by atoms with van der Waals surface area (Å²) in [6, 6.07) is 10.0. The summed E-state index contributed by atoms with van der Waals surface area (Å²) in [6.45, 7) is 3.63. The van der Waals surface area contributed by atoms with E-state index in [0.717, 1.165) is 0 Å². The van der Waals surface area contributed by atoms with E-state index in [1.807, 2.05) is 36.4 Å². The van der Waals surface area contributed by atoms with Crippen molar-refractivity contribution in [3.05, 3.63) is 52.9 Å². The fourth-order valence-electron chi connectivity index (χ4n) is 0.589. The van der Waals surface area contributed by atoms with Gasteiger partial charge in [-0.15, -0.1) is 5.53 Å². The highest BCUT2D eigenvalue weighted by Gasteiger charge is 1.75. The van der Waals surface area contributed by atoms with Crippen LogP contribution < -0.4 is 0 Å². The summed E-state index contributed by atoms with van der Waals surface area (Å²) in [5.41, 5.74) is 13.4. The van der Waals surface area contributed by atoms with Crippen molar-refractivity contribution in [2.45, 2.75) is 0 Å². The molecule has 0 aliphatic rings. The van der Waals surface area contributed by atoms with Crippen LogP contribution in [-0.4, -0.2) is 0 Å². The van der Waals surface area contributed by atoms with Crippen LogP contribution >= 0.6 is 0 Å². The monoisotopic (exact) mass is 147 g/mol. The second-order valence-corrected chi connectivity index (χ2v) is 1.71. The van der Waals surface area contributed by atoms with Gasteiger partial charge in [0, 0.05) is 0 Å². The van der Waals surface area contributed by atoms with Crippen molar-refractivity contribution in [2.75, 3.05) is 0 Å². The Bertz CT molecular complexity index is 235. The van der Waals surface area contributed by atoms with E-state index in [9.17, 15) is 0 Å². The van der Waals surface area contributed by atoms with Crippen LogP contribution in [0.15, 0.2) is 36.9 Å². The molecule has 0 heterocycles. The minimum atomic E-state index is 1.17. The molecule has 0 unspecified atom stereocenters. The molecule has 0 aliphatic heterocycles. The first-order chi connectivity index (χ1) is 5.35. The Morgan fingerprint density at radius 2 is 1.82 bits per heavy atom. The molecule has 0 saturated heterocycles. The van der Waals surface area contributed by atoms with Crippen LogP contribution in [0.5, 0.6) is 0 Å². The van der Waals surface area contributed by atoms with Gasteiger partial charge in [0.05, 0.1) is 0 Å². The van der Waals surface area contributed by atoms with Crippen LogP contribution in [0, 0.1) is 5.53 Å². The highest BCUT2D eigenvalue weighted by molar-refractivity contribution is 5.45. The SMILES string of the molecule is C=Cc1ccccc1.[N-]=[N+]=N. The summed E-state index contributed by atoms with van der Waals surface area (Å²) >= 11 is 0. The van der Waals surface area contributed by atoms with Crippen molar-refractivity contribution in [1.29, 1.82) is 5.53 Å². The lowest BCUT2D eigenvalue weighted by Gasteiger charge is -1.85. The van der Waals surface area contributed by atoms with Crippen LogP contribution in [0.25, 0.3) is 16.5 Å². The van der Waals surface area contributed by atoms with Crippen LogP contribution in [0.3, 0.4) is 0 Å². The van der Waals surface area contributed by atoms with Gasteiger partial charge in [0.25, 0.3) is 0 Å². The third-order valence-electron chi connectivity index (χ3n) is 1.04. The lowest BCUT2D eigenvalue weighted by Crippen LogP contribution is -1.63. The molecule has 1 N–H and O–H groups in total. The molecule has 0 amide bonds. The Morgan fingerprint density at radius 3 is 2.09 bits per heavy atom. The zero-order chi connectivity index (χ0) is 8.53. The Hall–Kier alpha value is -1.73. The number of hydrogen-bond donors (Lipinski definition) is 1. The minimum absolute atomic E-state index is 1.17. The molecule has 0 aromatic heterocycles. The van der Waals surface area contributed by atoms with E-state index in [1.54, 1.807) is 4.91 Å². The standard InChI is InChI=1S/C8H8.HN3/c1-2-8-6-4-3-5-7-8;1-3-2/h2-7H,1H2;1H. The Labute approximate surface area is 65.4 Å². The lowest BCUT2D eigenvalue weighted by atomic mass is 10.2. The quantitative estimate of drug-likeness (QED) is 0.360. The van der Waals surface area contributed by atoms with E-state index in [1.165, 1.54) is 5.56 Å². The molecule has 0 saturated carbocycles. The van der Waals surface area contributed by atoms with Crippen molar-refractivity contribution in [1.82, 2.24) is 0 Å².